The maximum atomic E-state index is 11.7. The summed E-state index contributed by atoms with van der Waals surface area (Å²) in [6, 6.07) is 9.52. The van der Waals surface area contributed by atoms with Crippen LogP contribution in [-0.2, 0) is 17.8 Å². The molecule has 4 rings (SSSR count). The van der Waals surface area contributed by atoms with Crippen LogP contribution in [-0.4, -0.2) is 33.8 Å². The van der Waals surface area contributed by atoms with E-state index in [-0.39, 0.29) is 12.2 Å². The number of carboxylic acids is 1. The number of hydrogen-bond acceptors (Lipinski definition) is 3. The van der Waals surface area contributed by atoms with Gasteiger partial charge in [0.05, 0.1) is 17.6 Å². The van der Waals surface area contributed by atoms with Crippen LogP contribution in [0.1, 0.15) is 23.7 Å². The van der Waals surface area contributed by atoms with Crippen LogP contribution in [0, 0.1) is 13.8 Å². The van der Waals surface area contributed by atoms with E-state index in [4.69, 9.17) is 0 Å². The number of carbonyl (C=O) groups is 1. The first-order valence-electron chi connectivity index (χ1n) is 9.19. The third-order valence-corrected chi connectivity index (χ3v) is 5.85. The van der Waals surface area contributed by atoms with Gasteiger partial charge in [-0.3, -0.25) is 4.79 Å². The van der Waals surface area contributed by atoms with E-state index >= 15 is 0 Å². The van der Waals surface area contributed by atoms with Gasteiger partial charge in [-0.15, -0.1) is 0 Å². The number of aryl methyl sites for hydroxylation is 1. The molecule has 2 heterocycles. The largest absolute Gasteiger partial charge is 0.508 e. The first-order chi connectivity index (χ1) is 12.8. The molecule has 0 radical (unpaired) electrons. The van der Waals surface area contributed by atoms with Gasteiger partial charge in [0.1, 0.15) is 5.75 Å². The predicted molar refractivity (Wildman–Crippen MR) is 108 cm³/mol. The monoisotopic (exact) mass is 364 g/mol. The van der Waals surface area contributed by atoms with Gasteiger partial charge in [-0.1, -0.05) is 12.1 Å². The molecule has 0 saturated carbocycles. The number of hydrogen-bond donors (Lipinski definition) is 2. The van der Waals surface area contributed by atoms with Gasteiger partial charge >= 0.3 is 5.97 Å². The topological polar surface area (TPSA) is 65.7 Å². The summed E-state index contributed by atoms with van der Waals surface area (Å²) in [6.45, 7) is 7.23. The van der Waals surface area contributed by atoms with Crippen molar-refractivity contribution < 1.29 is 15.0 Å². The number of rotatable bonds is 3. The van der Waals surface area contributed by atoms with Crippen molar-refractivity contribution in [2.45, 2.75) is 39.8 Å². The van der Waals surface area contributed by atoms with E-state index in [0.717, 1.165) is 39.9 Å². The molecule has 0 saturated heterocycles. The fourth-order valence-corrected chi connectivity index (χ4v) is 4.40. The number of aromatic hydroxyl groups is 1. The van der Waals surface area contributed by atoms with Gasteiger partial charge in [0, 0.05) is 30.7 Å². The van der Waals surface area contributed by atoms with Gasteiger partial charge in [0.25, 0.3) is 0 Å². The van der Waals surface area contributed by atoms with Crippen LogP contribution in [0.2, 0.25) is 0 Å². The number of likely N-dealkylation sites (N-methyl/N-ethyl adjacent to an activating group) is 1. The molecule has 0 aliphatic carbocycles. The molecular weight excluding hydrogens is 340 g/mol. The molecular formula is C22H24N2O3. The van der Waals surface area contributed by atoms with Crippen LogP contribution >= 0.6 is 0 Å². The standard InChI is InChI=1S/C22H24N2O3/c1-12-9-18-20(15-5-7-16(25)8-6-15)17(10-19(26)27)14(3)21-22(18)24(12)11-13(2)23(21)4/h5-9,13,25H,10-11H2,1-4H3,(H,26,27). The van der Waals surface area contributed by atoms with E-state index in [1.54, 1.807) is 12.1 Å². The van der Waals surface area contributed by atoms with Gasteiger partial charge in [0.15, 0.2) is 0 Å². The summed E-state index contributed by atoms with van der Waals surface area (Å²) >= 11 is 0. The van der Waals surface area contributed by atoms with E-state index in [2.05, 4.69) is 36.4 Å². The second-order valence-electron chi connectivity index (χ2n) is 7.56. The summed E-state index contributed by atoms with van der Waals surface area (Å²) in [6.07, 6.45) is -0.0303. The molecule has 1 atom stereocenters. The quantitative estimate of drug-likeness (QED) is 0.734. The molecule has 0 bridgehead atoms. The van der Waals surface area contributed by atoms with Crippen LogP contribution < -0.4 is 4.90 Å². The fourth-order valence-electron chi connectivity index (χ4n) is 4.40. The van der Waals surface area contributed by atoms with Crippen molar-refractivity contribution in [1.82, 2.24) is 4.57 Å². The Balaban J connectivity index is 2.15. The Bertz CT molecular complexity index is 1060. The fraction of sp³-hybridized carbons (Fsp3) is 0.318. The number of aromatic nitrogens is 1. The lowest BCUT2D eigenvalue weighted by Crippen LogP contribution is -2.37. The average Bonchev–Trinajstić information content (AvgIpc) is 2.92. The zero-order valence-electron chi connectivity index (χ0n) is 16.1. The summed E-state index contributed by atoms with van der Waals surface area (Å²) in [7, 11) is 2.09. The molecule has 2 N–H and O–H groups in total. The van der Waals surface area contributed by atoms with E-state index in [1.807, 2.05) is 19.1 Å². The highest BCUT2D eigenvalue weighted by Gasteiger charge is 2.30. The Morgan fingerprint density at radius 2 is 1.89 bits per heavy atom. The average molecular weight is 364 g/mol. The van der Waals surface area contributed by atoms with Crippen LogP contribution in [0.4, 0.5) is 5.69 Å². The number of phenols is 1. The highest BCUT2D eigenvalue weighted by atomic mass is 16.4. The molecule has 0 amide bonds. The molecule has 0 fully saturated rings. The van der Waals surface area contributed by atoms with Crippen molar-refractivity contribution in [3.8, 4) is 16.9 Å². The molecule has 1 aromatic heterocycles. The minimum Gasteiger partial charge on any atom is -0.508 e. The molecule has 5 heteroatoms. The van der Waals surface area contributed by atoms with Crippen molar-refractivity contribution >= 4 is 22.6 Å². The molecule has 140 valence electrons. The third-order valence-electron chi connectivity index (χ3n) is 5.85. The molecule has 0 spiro atoms. The number of nitrogens with zero attached hydrogens (tertiary/aromatic N) is 2. The molecule has 27 heavy (non-hydrogen) atoms. The number of aliphatic carboxylic acids is 1. The molecule has 1 aliphatic rings. The summed E-state index contributed by atoms with van der Waals surface area (Å²) in [4.78, 5) is 13.9. The Labute approximate surface area is 158 Å². The van der Waals surface area contributed by atoms with Crippen molar-refractivity contribution in [3.05, 3.63) is 47.2 Å². The molecule has 5 nitrogen and oxygen atoms in total. The summed E-state index contributed by atoms with van der Waals surface area (Å²) < 4.78 is 2.34. The Morgan fingerprint density at radius 3 is 2.52 bits per heavy atom. The summed E-state index contributed by atoms with van der Waals surface area (Å²) in [5.41, 5.74) is 7.21. The maximum Gasteiger partial charge on any atom is 0.307 e. The minimum atomic E-state index is -0.840. The van der Waals surface area contributed by atoms with Gasteiger partial charge in [0.2, 0.25) is 0 Å². The van der Waals surface area contributed by atoms with Crippen LogP contribution in [0.3, 0.4) is 0 Å². The molecule has 1 aliphatic heterocycles. The van der Waals surface area contributed by atoms with E-state index < -0.39 is 5.97 Å². The summed E-state index contributed by atoms with van der Waals surface area (Å²) in [5.74, 6) is -0.640. The van der Waals surface area contributed by atoms with E-state index in [1.165, 1.54) is 11.2 Å². The lowest BCUT2D eigenvalue weighted by molar-refractivity contribution is -0.136. The van der Waals surface area contributed by atoms with Gasteiger partial charge in [-0.2, -0.15) is 0 Å². The van der Waals surface area contributed by atoms with Crippen LogP contribution in [0.5, 0.6) is 5.75 Å². The van der Waals surface area contributed by atoms with E-state index in [0.29, 0.717) is 6.04 Å². The Morgan fingerprint density at radius 1 is 1.22 bits per heavy atom. The molecule has 1 unspecified atom stereocenters. The number of anilines is 1. The molecule has 3 aromatic rings. The third kappa shape index (κ3) is 2.57. The van der Waals surface area contributed by atoms with Crippen LogP contribution in [0.25, 0.3) is 22.0 Å². The normalized spacial score (nSPS) is 16.1. The highest BCUT2D eigenvalue weighted by Crippen LogP contribution is 2.45. The van der Waals surface area contributed by atoms with Crippen LogP contribution in [0.15, 0.2) is 30.3 Å². The van der Waals surface area contributed by atoms with Crippen molar-refractivity contribution in [2.24, 2.45) is 0 Å². The lowest BCUT2D eigenvalue weighted by atomic mass is 9.88. The zero-order chi connectivity index (χ0) is 19.5. The van der Waals surface area contributed by atoms with Crippen molar-refractivity contribution in [1.29, 1.82) is 0 Å². The van der Waals surface area contributed by atoms with Gasteiger partial charge in [-0.05, 0) is 61.2 Å². The summed E-state index contributed by atoms with van der Waals surface area (Å²) in [5, 5.41) is 20.3. The Kier molecular flexibility index (Phi) is 3.91. The first-order valence-corrected chi connectivity index (χ1v) is 9.19. The van der Waals surface area contributed by atoms with Crippen molar-refractivity contribution in [3.63, 3.8) is 0 Å². The number of carboxylic acid groups (broad SMARTS) is 1. The highest BCUT2D eigenvalue weighted by molar-refractivity contribution is 6.07. The predicted octanol–water partition coefficient (Wildman–Crippen LogP) is 4.10. The second kappa shape index (κ2) is 6.05. The van der Waals surface area contributed by atoms with Crippen molar-refractivity contribution in [2.75, 3.05) is 11.9 Å². The Hall–Kier alpha value is -2.95. The maximum absolute atomic E-state index is 11.7. The van der Waals surface area contributed by atoms with E-state index in [9.17, 15) is 15.0 Å². The smallest absolute Gasteiger partial charge is 0.307 e. The minimum absolute atomic E-state index is 0.0303. The zero-order valence-corrected chi connectivity index (χ0v) is 16.1. The lowest BCUT2D eigenvalue weighted by Gasteiger charge is -2.36. The number of benzene rings is 2. The SMILES string of the molecule is Cc1c(CC(=O)O)c(-c2ccc(O)cc2)c2cc(C)n3c2c1N(C)C(C)C3. The van der Waals surface area contributed by atoms with Gasteiger partial charge < -0.3 is 19.7 Å². The molecule has 2 aromatic carbocycles. The van der Waals surface area contributed by atoms with Gasteiger partial charge in [-0.25, -0.2) is 0 Å². The first kappa shape index (κ1) is 17.5. The second-order valence-corrected chi connectivity index (χ2v) is 7.56. The number of phenolic OH excluding ortho intramolecular Hbond substituents is 1.